The van der Waals surface area contributed by atoms with Crippen LogP contribution < -0.4 is 43.1 Å². The van der Waals surface area contributed by atoms with Crippen molar-refractivity contribution in [3.63, 3.8) is 0 Å². The number of aryl methyl sites for hydroxylation is 5. The number of hydrogen-bond donors (Lipinski definition) is 8. The van der Waals surface area contributed by atoms with Gasteiger partial charge < -0.3 is 84.0 Å². The average Bonchev–Trinajstić information content (AvgIpc) is 0.720. The fourth-order valence-corrected chi connectivity index (χ4v) is 17.2. The fraction of sp³-hybridized carbons (Fsp3) is 0.604. The summed E-state index contributed by atoms with van der Waals surface area (Å²) in [7, 11) is 1.62. The summed E-state index contributed by atoms with van der Waals surface area (Å²) < 4.78 is 36.4. The second-order valence-electron chi connectivity index (χ2n) is 37.2. The van der Waals surface area contributed by atoms with Crippen LogP contribution in [0.15, 0.2) is 97.1 Å². The number of unbranched alkanes of at least 4 members (excludes halogenated alkanes) is 17. The number of ether oxygens (including phenoxy) is 6. The van der Waals surface area contributed by atoms with Gasteiger partial charge in [0.15, 0.2) is 34.5 Å². The number of phenolic OH excluding ortho intramolecular Hbond substituents is 8. The minimum absolute atomic E-state index is 0.113. The van der Waals surface area contributed by atoms with E-state index in [9.17, 15) is 40.9 Å². The van der Waals surface area contributed by atoms with E-state index in [-0.39, 0.29) is 56.8 Å². The molecule has 0 saturated carbocycles. The molecule has 0 amide bonds. The third-order valence-electron chi connectivity index (χ3n) is 24.7. The minimum Gasteiger partial charge on any atom is -0.508 e. The van der Waals surface area contributed by atoms with E-state index in [2.05, 4.69) is 125 Å². The number of nitrogens with zero attached hydrogens (tertiary/aromatic N) is 3. The smallest absolute Gasteiger partial charge is 0.252 e. The molecule has 8 N–H and O–H groups in total. The summed E-state index contributed by atoms with van der Waals surface area (Å²) in [6.07, 6.45) is 33.9. The van der Waals surface area contributed by atoms with Crippen LogP contribution in [-0.4, -0.2) is 106 Å². The van der Waals surface area contributed by atoms with Crippen molar-refractivity contribution >= 4 is 17.1 Å². The average molecular weight is 1700 g/mol. The normalized spacial score (nSPS) is 15.2. The summed E-state index contributed by atoms with van der Waals surface area (Å²) in [4.78, 5) is 7.35. The van der Waals surface area contributed by atoms with E-state index in [1.807, 2.05) is 95.3 Å². The van der Waals surface area contributed by atoms with Gasteiger partial charge in [-0.25, -0.2) is 0 Å². The second kappa shape index (κ2) is 49.7. The van der Waals surface area contributed by atoms with Crippen LogP contribution in [0, 0.1) is 34.6 Å². The van der Waals surface area contributed by atoms with E-state index in [4.69, 9.17) is 28.4 Å². The number of anilines is 3. The Labute approximate surface area is 742 Å². The van der Waals surface area contributed by atoms with Crippen LogP contribution in [-0.2, 0) is 21.8 Å². The Morgan fingerprint density at radius 1 is 0.325 bits per heavy atom. The van der Waals surface area contributed by atoms with Crippen molar-refractivity contribution in [2.75, 3.05) is 67.7 Å². The molecule has 0 aliphatic carbocycles. The minimum atomic E-state index is -0.783. The zero-order valence-electron chi connectivity index (χ0n) is 80.1. The Balaban J connectivity index is 0.000000238. The number of methoxy groups -OCH3 is 1. The van der Waals surface area contributed by atoms with Gasteiger partial charge in [-0.3, -0.25) is 0 Å². The van der Waals surface area contributed by atoms with Gasteiger partial charge >= 0.3 is 0 Å². The maximum Gasteiger partial charge on any atom is 0.252 e. The van der Waals surface area contributed by atoms with Crippen LogP contribution in [0.1, 0.15) is 347 Å². The molecular weight excluding hydrogens is 1540 g/mol. The quantitative estimate of drug-likeness (QED) is 0.0132. The van der Waals surface area contributed by atoms with Crippen molar-refractivity contribution in [2.24, 2.45) is 0 Å². The van der Waals surface area contributed by atoms with Crippen molar-refractivity contribution in [3.8, 4) is 80.5 Å². The highest BCUT2D eigenvalue weighted by atomic mass is 16.7. The van der Waals surface area contributed by atoms with Gasteiger partial charge in [-0.15, -0.1) is 0 Å². The number of benzene rings is 7. The highest BCUT2D eigenvalue weighted by molar-refractivity contribution is 5.62. The first kappa shape index (κ1) is 103. The van der Waals surface area contributed by atoms with E-state index < -0.39 is 11.4 Å². The fourth-order valence-electron chi connectivity index (χ4n) is 17.2. The van der Waals surface area contributed by atoms with Gasteiger partial charge in [0.2, 0.25) is 0 Å². The highest BCUT2D eigenvalue weighted by Gasteiger charge is 2.54. The van der Waals surface area contributed by atoms with Gasteiger partial charge in [0, 0.05) is 127 Å². The van der Waals surface area contributed by atoms with Crippen molar-refractivity contribution in [3.05, 3.63) is 147 Å². The Kier molecular flexibility index (Phi) is 41.6. The van der Waals surface area contributed by atoms with Gasteiger partial charge in [0.25, 0.3) is 5.79 Å². The van der Waals surface area contributed by atoms with Crippen molar-refractivity contribution < 1.29 is 69.3 Å². The predicted molar refractivity (Wildman–Crippen MR) is 511 cm³/mol. The molecule has 0 fully saturated rings. The number of fused-ring (bicyclic) bond motifs is 3. The first-order valence-electron chi connectivity index (χ1n) is 47.2. The monoisotopic (exact) mass is 1700 g/mol. The molecule has 0 aromatic heterocycles. The molecule has 3 heterocycles. The molecule has 17 heteroatoms. The van der Waals surface area contributed by atoms with Gasteiger partial charge in [-0.2, -0.15) is 0 Å². The van der Waals surface area contributed by atoms with Crippen molar-refractivity contribution in [1.29, 1.82) is 0 Å². The lowest BCUT2D eigenvalue weighted by atomic mass is 9.69. The SMILES string of the molecule is CCCCCCN(CCCCCC)c1cc(C)c(O)c(OC)c1.CCCCCCOc1cc(N(CCCCCC)CCCCCC)ccc1O.CCCCN(CCCC)c1ccc(O)c(OC(CC)CC)c1.Cc1cc2c(cc1O)C(C)(C)CC(C)(c1cc(O)c(C)cc1O)O2.Cc1cc2c(cc1O)C(C)(C)CC1(CC(C)(C)c3cc(O)c(C)cc3O1)O2. The molecule has 3 aliphatic heterocycles. The van der Waals surface area contributed by atoms with Crippen LogP contribution >= 0.6 is 0 Å². The lowest BCUT2D eigenvalue weighted by Crippen LogP contribution is -2.55. The molecule has 10 rings (SSSR count). The molecule has 3 aliphatic rings. The van der Waals surface area contributed by atoms with E-state index >= 15 is 0 Å². The summed E-state index contributed by atoms with van der Waals surface area (Å²) in [5.74, 6) is 5.14. The van der Waals surface area contributed by atoms with Crippen LogP contribution in [0.2, 0.25) is 0 Å². The maximum atomic E-state index is 10.4. The molecule has 7 aromatic rings. The van der Waals surface area contributed by atoms with Crippen molar-refractivity contribution in [1.82, 2.24) is 0 Å². The lowest BCUT2D eigenvalue weighted by Gasteiger charge is -2.51. The maximum absolute atomic E-state index is 10.4. The zero-order valence-corrected chi connectivity index (χ0v) is 80.1. The summed E-state index contributed by atoms with van der Waals surface area (Å²) in [6, 6.07) is 29.9. The molecule has 0 saturated heterocycles. The van der Waals surface area contributed by atoms with Gasteiger partial charge in [-0.1, -0.05) is 213 Å². The summed E-state index contributed by atoms with van der Waals surface area (Å²) in [5.41, 5.74) is 9.38. The molecule has 1 unspecified atom stereocenters. The molecule has 123 heavy (non-hydrogen) atoms. The van der Waals surface area contributed by atoms with E-state index in [1.165, 1.54) is 159 Å². The number of hydrogen-bond acceptors (Lipinski definition) is 17. The summed E-state index contributed by atoms with van der Waals surface area (Å²) in [5, 5.41) is 81.2. The van der Waals surface area contributed by atoms with Gasteiger partial charge in [-0.05, 0) is 211 Å². The highest BCUT2D eigenvalue weighted by Crippen LogP contribution is 2.56. The molecule has 1 atom stereocenters. The van der Waals surface area contributed by atoms with E-state index in [1.54, 1.807) is 44.4 Å². The standard InChI is InChI=1S/C24H43NO2.C23H28O4.C20H35NO2.C20H24O4.C19H33NO2/c1-4-7-10-13-18-25(19-14-11-8-5-2)22-16-17-23(26)24(21-22)27-20-15-12-9-6-3;1-13-7-19-15(9-17(13)24)21(3,4)11-23(26-19)12-22(5,6)16-10-18(25)14(2)8-20(16)27-23;1-5-7-9-11-13-21(14-12-10-8-6-2)18-15-17(3)20(22)19(16-18)23-4;1-11-6-17(23)13(8-15(11)21)20(5)10-19(3,4)14-9-16(22)12(2)7-18(14)24-20;1-5-9-13-20(14-10-6-2)16-11-12-18(21)19(15-16)22-17(7-3)8-4/h16-17,21,26H,4-15,18-20H2,1-3H3;7-10,24-25H,11-12H2,1-6H3;15-16,22H,5-14H2,1-4H3;6-9,21-23H,10H2,1-5H3;11-12,15,17,21H,5-10,13-14H2,1-4H3. The second-order valence-corrected chi connectivity index (χ2v) is 37.2. The first-order valence-corrected chi connectivity index (χ1v) is 47.2. The third-order valence-corrected chi connectivity index (χ3v) is 24.7. The lowest BCUT2D eigenvalue weighted by molar-refractivity contribution is -0.166. The predicted octanol–water partition coefficient (Wildman–Crippen LogP) is 28.0. The molecule has 0 bridgehead atoms. The third kappa shape index (κ3) is 30.2. The summed E-state index contributed by atoms with van der Waals surface area (Å²) >= 11 is 0. The number of rotatable bonds is 41. The Morgan fingerprint density at radius 2 is 0.667 bits per heavy atom. The van der Waals surface area contributed by atoms with Crippen LogP contribution in [0.25, 0.3) is 0 Å². The molecule has 0 radical (unpaired) electrons. The first-order chi connectivity index (χ1) is 58.5. The van der Waals surface area contributed by atoms with Gasteiger partial charge in [0.05, 0.1) is 19.8 Å². The van der Waals surface area contributed by atoms with E-state index in [0.29, 0.717) is 71.5 Å². The molecule has 1 spiro atoms. The van der Waals surface area contributed by atoms with Crippen LogP contribution in [0.3, 0.4) is 0 Å². The Hall–Kier alpha value is -8.86. The molecule has 686 valence electrons. The Morgan fingerprint density at radius 3 is 1.07 bits per heavy atom. The van der Waals surface area contributed by atoms with Gasteiger partial charge in [0.1, 0.15) is 51.6 Å². The molecular formula is C106H163N3O14. The topological polar surface area (TPSA) is 227 Å². The number of phenols is 8. The van der Waals surface area contributed by atoms with Crippen molar-refractivity contribution in [2.45, 2.75) is 365 Å². The van der Waals surface area contributed by atoms with Crippen LogP contribution in [0.4, 0.5) is 17.1 Å². The Bertz CT molecular complexity index is 4230. The number of aromatic hydroxyl groups is 8. The zero-order chi connectivity index (χ0) is 90.8. The van der Waals surface area contributed by atoms with Crippen LogP contribution in [0.5, 0.6) is 80.5 Å². The largest absolute Gasteiger partial charge is 0.508 e. The summed E-state index contributed by atoms with van der Waals surface area (Å²) in [6.45, 7) is 51.1. The van der Waals surface area contributed by atoms with E-state index in [0.717, 1.165) is 115 Å². The molecule has 7 aromatic carbocycles. The molecule has 17 nitrogen and oxygen atoms in total.